The zero-order chi connectivity index (χ0) is 21.0. The van der Waals surface area contributed by atoms with Gasteiger partial charge in [0.05, 0.1) is 12.5 Å². The first-order chi connectivity index (χ1) is 13.2. The number of aliphatic hydroxyl groups is 1. The van der Waals surface area contributed by atoms with E-state index in [1.807, 2.05) is 31.7 Å². The minimum Gasteiger partial charge on any atom is -0.395 e. The number of benzene rings is 1. The molecule has 0 spiro atoms. The first-order valence-electron chi connectivity index (χ1n) is 9.95. The summed E-state index contributed by atoms with van der Waals surface area (Å²) in [4.78, 5) is 27.2. The van der Waals surface area contributed by atoms with Crippen molar-refractivity contribution < 1.29 is 14.7 Å². The Balaban J connectivity index is 2.18. The number of rotatable bonds is 7. The maximum Gasteiger partial charge on any atom is 0.251 e. The Labute approximate surface area is 172 Å². The lowest BCUT2D eigenvalue weighted by Crippen LogP contribution is -2.54. The van der Waals surface area contributed by atoms with Crippen molar-refractivity contribution in [2.45, 2.75) is 40.7 Å². The quantitative estimate of drug-likeness (QED) is 0.646. The summed E-state index contributed by atoms with van der Waals surface area (Å²) in [5, 5.41) is 15.7. The van der Waals surface area contributed by atoms with Gasteiger partial charge in [-0.2, -0.15) is 0 Å². The van der Waals surface area contributed by atoms with Gasteiger partial charge < -0.3 is 20.6 Å². The summed E-state index contributed by atoms with van der Waals surface area (Å²) in [6.07, 6.45) is 0. The first kappa shape index (κ1) is 22.5. The van der Waals surface area contributed by atoms with Crippen molar-refractivity contribution in [2.24, 2.45) is 17.8 Å². The number of aliphatic hydroxyl groups excluding tert-OH is 1. The smallest absolute Gasteiger partial charge is 0.251 e. The Kier molecular flexibility index (Phi) is 7.72. The van der Waals surface area contributed by atoms with Crippen molar-refractivity contribution in [1.82, 2.24) is 10.6 Å². The van der Waals surface area contributed by atoms with E-state index in [1.54, 1.807) is 6.07 Å². The Bertz CT molecular complexity index is 725. The fourth-order valence-electron chi connectivity index (χ4n) is 3.90. The molecule has 3 N–H and O–H groups in total. The van der Waals surface area contributed by atoms with Crippen molar-refractivity contribution in [2.75, 3.05) is 31.1 Å². The molecule has 0 saturated carbocycles. The number of anilines is 1. The van der Waals surface area contributed by atoms with Gasteiger partial charge in [0.2, 0.25) is 5.91 Å². The maximum atomic E-state index is 12.9. The molecule has 1 aliphatic rings. The standard InChI is InChI=1S/C21H32ClN3O3/c1-6-25(7-8-26)19-10-16(22)9-17(14(19)4)20(27)23-11-18-13(3)12(2)15(5)24-21(18)28/h9-10,12-13,15,18,26H,6-8,11H2,1-5H3,(H,23,27)(H,24,28). The number of hydrogen-bond acceptors (Lipinski definition) is 4. The number of nitrogens with one attached hydrogen (secondary N) is 2. The van der Waals surface area contributed by atoms with Gasteiger partial charge in [0.15, 0.2) is 0 Å². The van der Waals surface area contributed by atoms with E-state index in [9.17, 15) is 14.7 Å². The van der Waals surface area contributed by atoms with Crippen molar-refractivity contribution in [3.8, 4) is 0 Å². The number of likely N-dealkylation sites (N-methyl/N-ethyl adjacent to an activating group) is 1. The Morgan fingerprint density at radius 3 is 2.57 bits per heavy atom. The molecule has 0 bridgehead atoms. The number of carbonyl (C=O) groups excluding carboxylic acids is 2. The van der Waals surface area contributed by atoms with E-state index in [-0.39, 0.29) is 42.8 Å². The molecule has 1 aromatic rings. The van der Waals surface area contributed by atoms with E-state index in [4.69, 9.17) is 11.6 Å². The summed E-state index contributed by atoms with van der Waals surface area (Å²) < 4.78 is 0. The van der Waals surface area contributed by atoms with Gasteiger partial charge in [-0.3, -0.25) is 9.59 Å². The minimum absolute atomic E-state index is 0.0120. The van der Waals surface area contributed by atoms with Crippen molar-refractivity contribution >= 4 is 29.1 Å². The third-order valence-electron chi connectivity index (χ3n) is 6.12. The molecule has 2 rings (SSSR count). The molecule has 1 aromatic carbocycles. The highest BCUT2D eigenvalue weighted by Crippen LogP contribution is 2.30. The van der Waals surface area contributed by atoms with E-state index >= 15 is 0 Å². The molecule has 1 aliphatic heterocycles. The number of amides is 2. The van der Waals surface area contributed by atoms with Crippen LogP contribution in [-0.4, -0.2) is 49.2 Å². The van der Waals surface area contributed by atoms with Crippen LogP contribution in [0, 0.1) is 24.7 Å². The second kappa shape index (κ2) is 9.61. The summed E-state index contributed by atoms with van der Waals surface area (Å²) in [6, 6.07) is 3.60. The van der Waals surface area contributed by atoms with Gasteiger partial charge in [-0.15, -0.1) is 0 Å². The van der Waals surface area contributed by atoms with Crippen LogP contribution in [0.25, 0.3) is 0 Å². The number of hydrogen-bond donors (Lipinski definition) is 3. The zero-order valence-electron chi connectivity index (χ0n) is 17.4. The van der Waals surface area contributed by atoms with Gasteiger partial charge in [-0.1, -0.05) is 25.4 Å². The average molecular weight is 410 g/mol. The second-order valence-electron chi connectivity index (χ2n) is 7.73. The molecule has 4 unspecified atom stereocenters. The molecule has 0 aliphatic carbocycles. The van der Waals surface area contributed by atoms with Crippen LogP contribution in [0.15, 0.2) is 12.1 Å². The van der Waals surface area contributed by atoms with Gasteiger partial charge in [-0.25, -0.2) is 0 Å². The highest BCUT2D eigenvalue weighted by Gasteiger charge is 2.37. The predicted molar refractivity (Wildman–Crippen MR) is 113 cm³/mol. The third kappa shape index (κ3) is 4.78. The molecule has 0 aromatic heterocycles. The molecule has 2 amide bonds. The molecule has 28 heavy (non-hydrogen) atoms. The summed E-state index contributed by atoms with van der Waals surface area (Å²) in [7, 11) is 0. The average Bonchev–Trinajstić information content (AvgIpc) is 2.65. The van der Waals surface area contributed by atoms with Crippen LogP contribution in [0.4, 0.5) is 5.69 Å². The summed E-state index contributed by atoms with van der Waals surface area (Å²) in [5.74, 6) is 0.0149. The Morgan fingerprint density at radius 2 is 1.96 bits per heavy atom. The molecular formula is C21H32ClN3O3. The van der Waals surface area contributed by atoms with E-state index < -0.39 is 0 Å². The summed E-state index contributed by atoms with van der Waals surface area (Å²) in [6.45, 7) is 11.5. The number of carbonyl (C=O) groups is 2. The number of halogens is 1. The molecule has 0 radical (unpaired) electrons. The SMILES string of the molecule is CCN(CCO)c1cc(Cl)cc(C(=O)NCC2C(=O)NC(C)C(C)C2C)c1C. The van der Waals surface area contributed by atoms with Crippen LogP contribution in [0.5, 0.6) is 0 Å². The molecule has 1 saturated heterocycles. The fourth-order valence-corrected chi connectivity index (χ4v) is 4.11. The second-order valence-corrected chi connectivity index (χ2v) is 8.17. The van der Waals surface area contributed by atoms with Gasteiger partial charge in [0.1, 0.15) is 0 Å². The number of nitrogens with zero attached hydrogens (tertiary/aromatic N) is 1. The fraction of sp³-hybridized carbons (Fsp3) is 0.619. The van der Waals surface area contributed by atoms with Crippen LogP contribution in [0.2, 0.25) is 5.02 Å². The van der Waals surface area contributed by atoms with E-state index in [2.05, 4.69) is 24.5 Å². The first-order valence-corrected chi connectivity index (χ1v) is 10.3. The lowest BCUT2D eigenvalue weighted by Gasteiger charge is -2.38. The van der Waals surface area contributed by atoms with Gasteiger partial charge >= 0.3 is 0 Å². The normalized spacial score (nSPS) is 24.6. The minimum atomic E-state index is -0.254. The van der Waals surface area contributed by atoms with Crippen LogP contribution >= 0.6 is 11.6 Å². The predicted octanol–water partition coefficient (Wildman–Crippen LogP) is 2.60. The molecule has 7 heteroatoms. The maximum absolute atomic E-state index is 12.9. The van der Waals surface area contributed by atoms with E-state index in [0.717, 1.165) is 11.3 Å². The zero-order valence-corrected chi connectivity index (χ0v) is 18.1. The van der Waals surface area contributed by atoms with E-state index in [1.165, 1.54) is 0 Å². The van der Waals surface area contributed by atoms with Crippen LogP contribution < -0.4 is 15.5 Å². The van der Waals surface area contributed by atoms with Gasteiger partial charge in [-0.05, 0) is 50.3 Å². The van der Waals surface area contributed by atoms with Crippen molar-refractivity contribution in [3.05, 3.63) is 28.3 Å². The van der Waals surface area contributed by atoms with Crippen molar-refractivity contribution in [3.63, 3.8) is 0 Å². The molecular weight excluding hydrogens is 378 g/mol. The number of piperidine rings is 1. The monoisotopic (exact) mass is 409 g/mol. The largest absolute Gasteiger partial charge is 0.395 e. The summed E-state index contributed by atoms with van der Waals surface area (Å²) >= 11 is 6.26. The lowest BCUT2D eigenvalue weighted by molar-refractivity contribution is -0.131. The van der Waals surface area contributed by atoms with Gasteiger partial charge in [0.25, 0.3) is 5.91 Å². The van der Waals surface area contributed by atoms with Crippen LogP contribution in [0.1, 0.15) is 43.6 Å². The molecule has 1 heterocycles. The van der Waals surface area contributed by atoms with Crippen LogP contribution in [-0.2, 0) is 4.79 Å². The lowest BCUT2D eigenvalue weighted by atomic mass is 9.76. The highest BCUT2D eigenvalue weighted by molar-refractivity contribution is 6.31. The third-order valence-corrected chi connectivity index (χ3v) is 6.34. The van der Waals surface area contributed by atoms with E-state index in [0.29, 0.717) is 29.6 Å². The Hall–Kier alpha value is -1.79. The summed E-state index contributed by atoms with van der Waals surface area (Å²) in [5.41, 5.74) is 2.13. The van der Waals surface area contributed by atoms with Crippen LogP contribution in [0.3, 0.4) is 0 Å². The molecule has 156 valence electrons. The Morgan fingerprint density at radius 1 is 1.29 bits per heavy atom. The van der Waals surface area contributed by atoms with Crippen molar-refractivity contribution in [1.29, 1.82) is 0 Å². The molecule has 1 fully saturated rings. The van der Waals surface area contributed by atoms with Gasteiger partial charge in [0, 0.05) is 41.9 Å². The highest BCUT2D eigenvalue weighted by atomic mass is 35.5. The topological polar surface area (TPSA) is 81.7 Å². The molecule has 4 atom stereocenters. The molecule has 6 nitrogen and oxygen atoms in total.